The fourth-order valence-electron chi connectivity index (χ4n) is 4.54. The maximum atomic E-state index is 12.7. The Morgan fingerprint density at radius 3 is 2.20 bits per heavy atom. The molecule has 0 unspecified atom stereocenters. The van der Waals surface area contributed by atoms with Crippen LogP contribution in [-0.2, 0) is 9.59 Å². The number of nitrogens with two attached hydrogens (primary N) is 1. The lowest BCUT2D eigenvalue weighted by molar-refractivity contribution is -0.139. The fourth-order valence-corrected chi connectivity index (χ4v) is 4.54. The minimum Gasteiger partial charge on any atom is -0.369 e. The number of hydrogen-bond acceptors (Lipinski definition) is 2. The predicted molar refractivity (Wildman–Crippen MR) is 76.7 cm³/mol. The molecular weight excluding hydrogens is 252 g/mol. The maximum Gasteiger partial charge on any atom is 0.225 e. The van der Waals surface area contributed by atoms with Crippen molar-refractivity contribution in [3.63, 3.8) is 0 Å². The highest BCUT2D eigenvalue weighted by Gasteiger charge is 2.41. The van der Waals surface area contributed by atoms with Crippen molar-refractivity contribution < 1.29 is 9.59 Å². The first-order chi connectivity index (χ1) is 9.66. The molecule has 0 spiro atoms. The molecule has 20 heavy (non-hydrogen) atoms. The van der Waals surface area contributed by atoms with Gasteiger partial charge in [-0.3, -0.25) is 9.59 Å². The van der Waals surface area contributed by atoms with Gasteiger partial charge in [-0.25, -0.2) is 0 Å². The molecule has 4 heteroatoms. The molecule has 0 bridgehead atoms. The third-order valence-corrected chi connectivity index (χ3v) is 5.77. The summed E-state index contributed by atoms with van der Waals surface area (Å²) < 4.78 is 0. The minimum atomic E-state index is -0.190. The highest BCUT2D eigenvalue weighted by molar-refractivity contribution is 5.81. The third-order valence-electron chi connectivity index (χ3n) is 5.77. The minimum absolute atomic E-state index is 0.0000529. The van der Waals surface area contributed by atoms with Crippen molar-refractivity contribution in [1.29, 1.82) is 0 Å². The quantitative estimate of drug-likeness (QED) is 0.840. The van der Waals surface area contributed by atoms with E-state index >= 15 is 0 Å². The Balaban J connectivity index is 1.58. The van der Waals surface area contributed by atoms with Gasteiger partial charge in [0.25, 0.3) is 0 Å². The molecule has 0 aromatic carbocycles. The van der Waals surface area contributed by atoms with Crippen LogP contribution in [0.4, 0.5) is 0 Å². The highest BCUT2D eigenvalue weighted by Crippen LogP contribution is 2.38. The fraction of sp³-hybridized carbons (Fsp3) is 0.875. The number of hydrogen-bond donors (Lipinski definition) is 1. The van der Waals surface area contributed by atoms with Crippen LogP contribution in [0.1, 0.15) is 57.8 Å². The van der Waals surface area contributed by atoms with Gasteiger partial charge in [0.1, 0.15) is 0 Å². The van der Waals surface area contributed by atoms with Crippen LogP contribution in [0.25, 0.3) is 0 Å². The van der Waals surface area contributed by atoms with E-state index in [0.717, 1.165) is 38.1 Å². The Morgan fingerprint density at radius 2 is 1.50 bits per heavy atom. The Bertz CT molecular complexity index is 388. The highest BCUT2D eigenvalue weighted by atomic mass is 16.2. The van der Waals surface area contributed by atoms with Crippen molar-refractivity contribution >= 4 is 11.8 Å². The number of carbonyl (C=O) groups is 2. The second kappa shape index (κ2) is 5.74. The average Bonchev–Trinajstić information content (AvgIpc) is 2.90. The number of amides is 2. The second-order valence-corrected chi connectivity index (χ2v) is 6.88. The van der Waals surface area contributed by atoms with Crippen molar-refractivity contribution in [3.05, 3.63) is 0 Å². The van der Waals surface area contributed by atoms with Crippen LogP contribution in [0.2, 0.25) is 0 Å². The summed E-state index contributed by atoms with van der Waals surface area (Å²) in [6.07, 6.45) is 9.62. The zero-order valence-electron chi connectivity index (χ0n) is 12.2. The molecule has 112 valence electrons. The Labute approximate surface area is 121 Å². The van der Waals surface area contributed by atoms with Crippen molar-refractivity contribution in [2.75, 3.05) is 6.54 Å². The molecule has 3 aliphatic rings. The van der Waals surface area contributed by atoms with Gasteiger partial charge in [-0.2, -0.15) is 0 Å². The summed E-state index contributed by atoms with van der Waals surface area (Å²) in [4.78, 5) is 26.1. The monoisotopic (exact) mass is 278 g/mol. The van der Waals surface area contributed by atoms with E-state index in [1.54, 1.807) is 0 Å². The van der Waals surface area contributed by atoms with E-state index in [0.29, 0.717) is 11.9 Å². The van der Waals surface area contributed by atoms with Gasteiger partial charge >= 0.3 is 0 Å². The standard InChI is InChI=1S/C16H26N2O2/c17-15(19)12-5-7-13(8-6-12)16(20)18-10-9-11-3-1-2-4-14(11)18/h11-14H,1-10H2,(H2,17,19)/t11-,12?,13?,14+/m0/s1. The first kappa shape index (κ1) is 13.9. The van der Waals surface area contributed by atoms with Gasteiger partial charge < -0.3 is 10.6 Å². The number of rotatable bonds is 2. The second-order valence-electron chi connectivity index (χ2n) is 6.88. The summed E-state index contributed by atoms with van der Waals surface area (Å²) >= 11 is 0. The summed E-state index contributed by atoms with van der Waals surface area (Å²) in [6, 6.07) is 0.519. The van der Waals surface area contributed by atoms with Crippen LogP contribution in [0.15, 0.2) is 0 Å². The molecular formula is C16H26N2O2. The Hall–Kier alpha value is -1.06. The normalized spacial score (nSPS) is 37.5. The molecule has 2 amide bonds. The van der Waals surface area contributed by atoms with Gasteiger partial charge in [-0.05, 0) is 50.9 Å². The summed E-state index contributed by atoms with van der Waals surface area (Å²) in [7, 11) is 0. The molecule has 2 aliphatic carbocycles. The summed E-state index contributed by atoms with van der Waals surface area (Å²) in [5, 5.41) is 0. The molecule has 0 radical (unpaired) electrons. The van der Waals surface area contributed by atoms with Crippen LogP contribution in [0.3, 0.4) is 0 Å². The number of likely N-dealkylation sites (tertiary alicyclic amines) is 1. The lowest BCUT2D eigenvalue weighted by Gasteiger charge is -2.35. The lowest BCUT2D eigenvalue weighted by Crippen LogP contribution is -2.43. The average molecular weight is 278 g/mol. The van der Waals surface area contributed by atoms with E-state index in [-0.39, 0.29) is 17.7 Å². The SMILES string of the molecule is NC(=O)C1CCC(C(=O)N2CC[C@@H]3CCCC[C@H]32)CC1. The molecule has 2 N–H and O–H groups in total. The summed E-state index contributed by atoms with van der Waals surface area (Å²) in [5.74, 6) is 1.08. The Morgan fingerprint density at radius 1 is 0.850 bits per heavy atom. The lowest BCUT2D eigenvalue weighted by atomic mass is 9.80. The molecule has 3 rings (SSSR count). The Kier molecular flexibility index (Phi) is 3.99. The molecule has 0 aromatic rings. The van der Waals surface area contributed by atoms with Crippen molar-refractivity contribution in [2.24, 2.45) is 23.5 Å². The number of nitrogens with zero attached hydrogens (tertiary/aromatic N) is 1. The first-order valence-corrected chi connectivity index (χ1v) is 8.26. The van der Waals surface area contributed by atoms with E-state index in [1.165, 1.54) is 32.1 Å². The number of fused-ring (bicyclic) bond motifs is 1. The molecule has 4 nitrogen and oxygen atoms in total. The third kappa shape index (κ3) is 2.57. The van der Waals surface area contributed by atoms with Crippen molar-refractivity contribution in [3.8, 4) is 0 Å². The molecule has 0 aromatic heterocycles. The molecule has 1 saturated heterocycles. The van der Waals surface area contributed by atoms with E-state index < -0.39 is 0 Å². The van der Waals surface area contributed by atoms with Gasteiger partial charge in [0, 0.05) is 24.4 Å². The smallest absolute Gasteiger partial charge is 0.225 e. The maximum absolute atomic E-state index is 12.7. The van der Waals surface area contributed by atoms with Crippen LogP contribution >= 0.6 is 0 Å². The van der Waals surface area contributed by atoms with Crippen molar-refractivity contribution in [2.45, 2.75) is 63.8 Å². The summed E-state index contributed by atoms with van der Waals surface area (Å²) in [6.45, 7) is 0.962. The van der Waals surface area contributed by atoms with Crippen LogP contribution in [0, 0.1) is 17.8 Å². The van der Waals surface area contributed by atoms with Crippen LogP contribution < -0.4 is 5.73 Å². The van der Waals surface area contributed by atoms with Crippen molar-refractivity contribution in [1.82, 2.24) is 4.90 Å². The van der Waals surface area contributed by atoms with E-state index in [9.17, 15) is 9.59 Å². The topological polar surface area (TPSA) is 63.4 Å². The van der Waals surface area contributed by atoms with Gasteiger partial charge in [-0.15, -0.1) is 0 Å². The van der Waals surface area contributed by atoms with Crippen LogP contribution in [-0.4, -0.2) is 29.3 Å². The zero-order chi connectivity index (χ0) is 14.1. The first-order valence-electron chi connectivity index (χ1n) is 8.26. The molecule has 2 atom stereocenters. The molecule has 1 aliphatic heterocycles. The van der Waals surface area contributed by atoms with Gasteiger partial charge in [0.05, 0.1) is 0 Å². The van der Waals surface area contributed by atoms with E-state index in [1.807, 2.05) is 0 Å². The van der Waals surface area contributed by atoms with Gasteiger partial charge in [-0.1, -0.05) is 12.8 Å². The molecule has 1 heterocycles. The van der Waals surface area contributed by atoms with Gasteiger partial charge in [0.2, 0.25) is 11.8 Å². The zero-order valence-corrected chi connectivity index (χ0v) is 12.2. The van der Waals surface area contributed by atoms with E-state index in [4.69, 9.17) is 5.73 Å². The predicted octanol–water partition coefficient (Wildman–Crippen LogP) is 2.07. The summed E-state index contributed by atoms with van der Waals surface area (Å²) in [5.41, 5.74) is 5.36. The number of carbonyl (C=O) groups excluding carboxylic acids is 2. The number of primary amides is 1. The van der Waals surface area contributed by atoms with E-state index in [2.05, 4.69) is 4.90 Å². The molecule has 3 fully saturated rings. The van der Waals surface area contributed by atoms with Gasteiger partial charge in [0.15, 0.2) is 0 Å². The molecule has 2 saturated carbocycles. The van der Waals surface area contributed by atoms with Crippen LogP contribution in [0.5, 0.6) is 0 Å². The largest absolute Gasteiger partial charge is 0.369 e.